The van der Waals surface area contributed by atoms with Crippen LogP contribution in [0.5, 0.6) is 0 Å². The van der Waals surface area contributed by atoms with Crippen molar-refractivity contribution < 1.29 is 13.5 Å². The van der Waals surface area contributed by atoms with E-state index in [1.54, 1.807) is 24.3 Å². The lowest BCUT2D eigenvalue weighted by Gasteiger charge is -2.29. The van der Waals surface area contributed by atoms with Gasteiger partial charge in [0, 0.05) is 31.7 Å². The maximum atomic E-state index is 11.1. The molecule has 2 rings (SSSR count). The van der Waals surface area contributed by atoms with E-state index in [1.807, 2.05) is 24.3 Å². The number of β-amino-alcohol motifs (C(OH)–C–C–N with tert-alkyl or cyclic N) is 1. The minimum atomic E-state index is -3.28. The lowest BCUT2D eigenvalue weighted by molar-refractivity contribution is 0.0987. The zero-order valence-electron chi connectivity index (χ0n) is 12.8. The first kappa shape index (κ1) is 18.6. The molecule has 1 aliphatic heterocycles. The number of nitrogens with one attached hydrogen (secondary N) is 1. The predicted molar refractivity (Wildman–Crippen MR) is 90.2 cm³/mol. The Hall–Kier alpha value is -1.44. The van der Waals surface area contributed by atoms with Crippen LogP contribution in [0.2, 0.25) is 0 Å². The Bertz CT molecular complexity index is 619. The number of aliphatic hydroxyl groups excluding tert-OH is 1. The molecule has 2 N–H and O–H groups in total. The molecule has 0 saturated carbocycles. The fraction of sp³-hybridized carbons (Fsp3) is 0.429. The summed E-state index contributed by atoms with van der Waals surface area (Å²) in [7, 11) is -1.29. The molecule has 0 amide bonds. The second-order valence-electron chi connectivity index (χ2n) is 5.30. The highest BCUT2D eigenvalue weighted by atomic mass is 35.5. The summed E-state index contributed by atoms with van der Waals surface area (Å²) < 4.78 is 24.7. The van der Waals surface area contributed by atoms with Crippen molar-refractivity contribution in [1.29, 1.82) is 0 Å². The second-order valence-corrected chi connectivity index (χ2v) is 7.05. The van der Waals surface area contributed by atoms with E-state index in [2.05, 4.69) is 16.5 Å². The van der Waals surface area contributed by atoms with Crippen LogP contribution < -0.4 is 4.72 Å². The Morgan fingerprint density at radius 3 is 2.32 bits per heavy atom. The summed E-state index contributed by atoms with van der Waals surface area (Å²) in [5, 5.41) is 10.3. The number of hydrogen-bond donors (Lipinski definition) is 2. The van der Waals surface area contributed by atoms with Crippen molar-refractivity contribution in [2.45, 2.75) is 19.2 Å². The highest BCUT2D eigenvalue weighted by molar-refractivity contribution is 7.92. The monoisotopic (exact) mass is 347 g/mol. The van der Waals surface area contributed by atoms with Gasteiger partial charge in [-0.2, -0.15) is 0 Å². The summed E-state index contributed by atoms with van der Waals surface area (Å²) >= 11 is 0. The van der Waals surface area contributed by atoms with Gasteiger partial charge in [0.2, 0.25) is 10.0 Å². The van der Waals surface area contributed by atoms with Gasteiger partial charge in [0.25, 0.3) is 0 Å². The molecule has 8 heteroatoms. The molecule has 0 fully saturated rings. The average molecular weight is 348 g/mol. The molecule has 0 aromatic heterocycles. The number of rotatable bonds is 5. The quantitative estimate of drug-likeness (QED) is 0.846. The highest BCUT2D eigenvalue weighted by Crippen LogP contribution is 2.21. The maximum Gasteiger partial charge on any atom is 0.229 e. The number of halogens is 1. The van der Waals surface area contributed by atoms with Gasteiger partial charge in [0.15, 0.2) is 0 Å². The first-order chi connectivity index (χ1) is 9.76. The van der Waals surface area contributed by atoms with Crippen molar-refractivity contribution in [3.8, 4) is 0 Å². The minimum absolute atomic E-state index is 0. The zero-order chi connectivity index (χ0) is 15.6. The first-order valence-corrected chi connectivity index (χ1v) is 8.57. The Morgan fingerprint density at radius 1 is 1.27 bits per heavy atom. The van der Waals surface area contributed by atoms with Crippen LogP contribution in [0.3, 0.4) is 0 Å². The predicted octanol–water partition coefficient (Wildman–Crippen LogP) is 1.58. The van der Waals surface area contributed by atoms with Crippen LogP contribution in [0.4, 0.5) is 5.69 Å². The van der Waals surface area contributed by atoms with E-state index < -0.39 is 16.1 Å². The van der Waals surface area contributed by atoms with Gasteiger partial charge in [-0.1, -0.05) is 12.1 Å². The van der Waals surface area contributed by atoms with Crippen LogP contribution in [-0.4, -0.2) is 49.3 Å². The lowest BCUT2D eigenvalue weighted by Crippen LogP contribution is -2.36. The molecule has 1 aromatic rings. The molecule has 2 unspecified atom stereocenters. The topological polar surface area (TPSA) is 72.9 Å². The number of aliphatic hydroxyl groups is 1. The molecule has 1 heterocycles. The number of benzene rings is 1. The molecule has 22 heavy (non-hydrogen) atoms. The van der Waals surface area contributed by atoms with Gasteiger partial charge in [-0.3, -0.25) is 4.72 Å². The summed E-state index contributed by atoms with van der Waals surface area (Å²) in [5.41, 5.74) is 1.24. The summed E-state index contributed by atoms with van der Waals surface area (Å²) in [5.74, 6) is 0. The van der Waals surface area contributed by atoms with Gasteiger partial charge >= 0.3 is 0 Å². The molecular weight excluding hydrogens is 326 g/mol. The highest BCUT2D eigenvalue weighted by Gasteiger charge is 2.21. The Kier molecular flexibility index (Phi) is 6.10. The van der Waals surface area contributed by atoms with Gasteiger partial charge in [-0.25, -0.2) is 8.42 Å². The van der Waals surface area contributed by atoms with E-state index in [9.17, 15) is 13.5 Å². The molecule has 0 bridgehead atoms. The third-order valence-electron chi connectivity index (χ3n) is 3.55. The minimum Gasteiger partial charge on any atom is -0.387 e. The van der Waals surface area contributed by atoms with Gasteiger partial charge in [-0.05, 0) is 24.6 Å². The van der Waals surface area contributed by atoms with Crippen LogP contribution in [0.15, 0.2) is 36.7 Å². The Morgan fingerprint density at radius 2 is 1.86 bits per heavy atom. The van der Waals surface area contributed by atoms with Crippen molar-refractivity contribution in [3.63, 3.8) is 0 Å². The van der Waals surface area contributed by atoms with E-state index in [0.29, 0.717) is 12.2 Å². The van der Waals surface area contributed by atoms with Crippen molar-refractivity contribution in [2.24, 2.45) is 0 Å². The number of hydrogen-bond acceptors (Lipinski definition) is 5. The smallest absolute Gasteiger partial charge is 0.229 e. The fourth-order valence-electron chi connectivity index (χ4n) is 2.18. The van der Waals surface area contributed by atoms with Crippen LogP contribution in [-0.2, 0) is 10.0 Å². The van der Waals surface area contributed by atoms with Crippen LogP contribution in [0, 0.1) is 0 Å². The Balaban J connectivity index is 0.00000242. The normalized spacial score (nSPS) is 19.0. The molecule has 124 valence electrons. The van der Waals surface area contributed by atoms with Crippen LogP contribution in [0.1, 0.15) is 18.6 Å². The molecule has 0 aliphatic carbocycles. The van der Waals surface area contributed by atoms with Crippen molar-refractivity contribution >= 4 is 28.1 Å². The van der Waals surface area contributed by atoms with E-state index in [1.165, 1.54) is 0 Å². The summed E-state index contributed by atoms with van der Waals surface area (Å²) in [6.45, 7) is 2.55. The van der Waals surface area contributed by atoms with E-state index in [4.69, 9.17) is 0 Å². The van der Waals surface area contributed by atoms with Gasteiger partial charge in [0.05, 0.1) is 18.5 Å². The lowest BCUT2D eigenvalue weighted by atomic mass is 10.1. The molecule has 1 aromatic carbocycles. The van der Waals surface area contributed by atoms with Gasteiger partial charge < -0.3 is 14.9 Å². The third-order valence-corrected chi connectivity index (χ3v) is 4.15. The molecule has 0 radical (unpaired) electrons. The molecule has 2 atom stereocenters. The van der Waals surface area contributed by atoms with Crippen molar-refractivity contribution in [1.82, 2.24) is 9.80 Å². The third kappa shape index (κ3) is 4.79. The van der Waals surface area contributed by atoms with Crippen LogP contribution >= 0.6 is 12.4 Å². The van der Waals surface area contributed by atoms with E-state index in [0.717, 1.165) is 11.8 Å². The first-order valence-electron chi connectivity index (χ1n) is 6.68. The number of anilines is 1. The molecular formula is C14H22ClN3O3S. The summed E-state index contributed by atoms with van der Waals surface area (Å²) in [4.78, 5) is 4.11. The van der Waals surface area contributed by atoms with E-state index >= 15 is 0 Å². The SMILES string of the molecule is CC1N(C)C=CN1CC(O)c1ccc(NS(C)(=O)=O)cc1.Cl. The van der Waals surface area contributed by atoms with Gasteiger partial charge in [-0.15, -0.1) is 12.4 Å². The fourth-order valence-corrected chi connectivity index (χ4v) is 2.74. The number of nitrogens with zero attached hydrogens (tertiary/aromatic N) is 2. The molecule has 0 spiro atoms. The van der Waals surface area contributed by atoms with E-state index in [-0.39, 0.29) is 18.6 Å². The van der Waals surface area contributed by atoms with Crippen molar-refractivity contribution in [2.75, 3.05) is 24.6 Å². The molecule has 6 nitrogen and oxygen atoms in total. The van der Waals surface area contributed by atoms with Crippen LogP contribution in [0.25, 0.3) is 0 Å². The second kappa shape index (κ2) is 7.21. The average Bonchev–Trinajstić information content (AvgIpc) is 2.69. The Labute approximate surface area is 137 Å². The standard InChI is InChI=1S/C14H21N3O3S.ClH/c1-11-16(2)8-9-17(11)10-14(18)12-4-6-13(7-5-12)15-21(3,19)20;/h4-9,11,14-15,18H,10H2,1-3H3;1H. The van der Waals surface area contributed by atoms with Gasteiger partial charge in [0.1, 0.15) is 0 Å². The maximum absolute atomic E-state index is 11.1. The molecule has 0 saturated heterocycles. The summed E-state index contributed by atoms with van der Waals surface area (Å²) in [6.07, 6.45) is 4.61. The molecule has 1 aliphatic rings. The summed E-state index contributed by atoms with van der Waals surface area (Å²) in [6, 6.07) is 6.75. The zero-order valence-corrected chi connectivity index (χ0v) is 14.4. The number of sulfonamides is 1. The largest absolute Gasteiger partial charge is 0.387 e. The van der Waals surface area contributed by atoms with Crippen molar-refractivity contribution in [3.05, 3.63) is 42.2 Å².